The van der Waals surface area contributed by atoms with Gasteiger partial charge in [-0.05, 0) is 0 Å². The van der Waals surface area contributed by atoms with E-state index >= 15 is 0 Å². The van der Waals surface area contributed by atoms with Crippen LogP contribution in [0.4, 0.5) is 17.6 Å². The summed E-state index contributed by atoms with van der Waals surface area (Å²) in [5.74, 6) is 0. The molecule has 0 spiro atoms. The number of halogens is 4. The van der Waals surface area contributed by atoms with E-state index in [2.05, 4.69) is 0 Å². The molecule has 2 rings (SSSR count). The molecule has 0 heterocycles. The summed E-state index contributed by atoms with van der Waals surface area (Å²) in [5.41, 5.74) is 0. The van der Waals surface area contributed by atoms with Gasteiger partial charge in [-0.15, -0.1) is 0 Å². The van der Waals surface area contributed by atoms with Crippen molar-refractivity contribution in [2.24, 2.45) is 0 Å². The molecule has 0 unspecified atom stereocenters. The molecule has 0 aromatic heterocycles. The van der Waals surface area contributed by atoms with Gasteiger partial charge in [-0.2, -0.15) is 0 Å². The molecular weight excluding hydrogens is 428 g/mol. The summed E-state index contributed by atoms with van der Waals surface area (Å²) in [4.78, 5) is 0. The smallest absolute Gasteiger partial charge is 0.120 e. The second-order valence-electron chi connectivity index (χ2n) is 2.63. The number of hydrogen-bond donors (Lipinski definition) is 0. The Balaban J connectivity index is -0.000000194. The molecule has 106 valence electrons. The van der Waals surface area contributed by atoms with Crippen molar-refractivity contribution in [3.8, 4) is 0 Å². The van der Waals surface area contributed by atoms with Gasteiger partial charge in [-0.1, -0.05) is 56.0 Å². The van der Waals surface area contributed by atoms with Gasteiger partial charge in [-0.25, -0.2) is 17.6 Å². The van der Waals surface area contributed by atoms with Crippen LogP contribution in [0.1, 0.15) is 7.43 Å². The van der Waals surface area contributed by atoms with E-state index in [-0.39, 0.29) is 28.5 Å². The molecule has 2 aliphatic rings. The van der Waals surface area contributed by atoms with Gasteiger partial charge in [0, 0.05) is 33.9 Å². The molecule has 0 aliphatic heterocycles. The Hall–Kier alpha value is -0.892. The van der Waals surface area contributed by atoms with Crippen molar-refractivity contribution >= 4 is 0 Å². The van der Waals surface area contributed by atoms with Crippen LogP contribution in [-0.2, 0) is 21.1 Å². The predicted octanol–water partition coefficient (Wildman–Crippen LogP) is 5.10. The van der Waals surface area contributed by atoms with Crippen molar-refractivity contribution in [3.05, 3.63) is 73.6 Å². The minimum Gasteiger partial charge on any atom is -0.358 e. The van der Waals surface area contributed by atoms with Gasteiger partial charge in [-0.3, -0.25) is 0 Å². The SMILES string of the molecule is C.FC(F)=[C-]C(F)F.[CH]1C=CC=C1.[CH]1C=CC=C1.[W]. The van der Waals surface area contributed by atoms with Crippen molar-refractivity contribution in [1.82, 2.24) is 0 Å². The minimum atomic E-state index is -3.16. The fourth-order valence-corrected chi connectivity index (χ4v) is 0.724. The first-order chi connectivity index (χ1) is 8.13. The van der Waals surface area contributed by atoms with E-state index in [4.69, 9.17) is 0 Å². The molecule has 0 amide bonds. The van der Waals surface area contributed by atoms with Gasteiger partial charge in [0.1, 0.15) is 6.43 Å². The minimum absolute atomic E-state index is 0. The Bertz CT molecular complexity index is 282. The molecular formula is C14H15F4W-. The molecule has 2 aliphatic carbocycles. The Morgan fingerprint density at radius 1 is 0.737 bits per heavy atom. The second-order valence-corrected chi connectivity index (χ2v) is 2.63. The Labute approximate surface area is 126 Å². The zero-order valence-corrected chi connectivity index (χ0v) is 12.2. The van der Waals surface area contributed by atoms with E-state index in [1.54, 1.807) is 0 Å². The summed E-state index contributed by atoms with van der Waals surface area (Å²) in [6.07, 6.45) is 14.9. The first kappa shape index (κ1) is 23.2. The topological polar surface area (TPSA) is 0 Å². The summed E-state index contributed by atoms with van der Waals surface area (Å²) >= 11 is 0. The fourth-order valence-electron chi connectivity index (χ4n) is 0.724. The van der Waals surface area contributed by atoms with E-state index in [0.29, 0.717) is 6.08 Å². The zero-order valence-electron chi connectivity index (χ0n) is 9.27. The van der Waals surface area contributed by atoms with Crippen LogP contribution in [0, 0.1) is 18.9 Å². The number of hydrogen-bond acceptors (Lipinski definition) is 0. The van der Waals surface area contributed by atoms with Crippen molar-refractivity contribution < 1.29 is 38.6 Å². The summed E-state index contributed by atoms with van der Waals surface area (Å²) in [7, 11) is 0. The van der Waals surface area contributed by atoms with Crippen LogP contribution < -0.4 is 0 Å². The molecule has 0 bridgehead atoms. The molecule has 0 fully saturated rings. The summed E-state index contributed by atoms with van der Waals surface area (Å²) in [6.45, 7) is 0. The van der Waals surface area contributed by atoms with Crippen LogP contribution in [0.25, 0.3) is 0 Å². The summed E-state index contributed by atoms with van der Waals surface area (Å²) in [5, 5.41) is 0. The molecule has 5 heteroatoms. The van der Waals surface area contributed by atoms with Gasteiger partial charge >= 0.3 is 0 Å². The second kappa shape index (κ2) is 17.1. The molecule has 2 radical (unpaired) electrons. The van der Waals surface area contributed by atoms with Gasteiger partial charge in [0.05, 0.1) is 6.08 Å². The van der Waals surface area contributed by atoms with Crippen LogP contribution in [0.5, 0.6) is 0 Å². The van der Waals surface area contributed by atoms with Crippen molar-refractivity contribution in [2.45, 2.75) is 13.9 Å². The van der Waals surface area contributed by atoms with Crippen LogP contribution in [-0.4, -0.2) is 6.43 Å². The third kappa shape index (κ3) is 22.7. The predicted molar refractivity (Wildman–Crippen MR) is 66.9 cm³/mol. The normalized spacial score (nSPS) is 12.7. The quantitative estimate of drug-likeness (QED) is 0.391. The van der Waals surface area contributed by atoms with Crippen molar-refractivity contribution in [3.63, 3.8) is 0 Å². The van der Waals surface area contributed by atoms with E-state index in [1.807, 2.05) is 61.4 Å². The maximum absolute atomic E-state index is 10.7. The standard InChI is InChI=1S/2C5H5.C3HF4.CH4.W/c2*1-2-4-5-3-1;4-2(5)1-3(6)7;;/h2*1-5H;2H;1H4;/q;;-1;;. The van der Waals surface area contributed by atoms with Crippen molar-refractivity contribution in [2.75, 3.05) is 0 Å². The Kier molecular flexibility index (Phi) is 20.9. The van der Waals surface area contributed by atoms with E-state index < -0.39 is 12.5 Å². The van der Waals surface area contributed by atoms with E-state index in [1.165, 1.54) is 0 Å². The molecule has 0 atom stereocenters. The van der Waals surface area contributed by atoms with Crippen LogP contribution in [0.2, 0.25) is 0 Å². The molecule has 0 N–H and O–H groups in total. The van der Waals surface area contributed by atoms with Crippen LogP contribution in [0.3, 0.4) is 0 Å². The molecule has 0 aromatic carbocycles. The largest absolute Gasteiger partial charge is 0.358 e. The Morgan fingerprint density at radius 3 is 1.11 bits per heavy atom. The maximum atomic E-state index is 10.7. The average Bonchev–Trinajstić information content (AvgIpc) is 2.96. The third-order valence-corrected chi connectivity index (χ3v) is 1.33. The summed E-state index contributed by atoms with van der Waals surface area (Å²) in [6, 6.07) is 0. The number of alkyl halides is 2. The van der Waals surface area contributed by atoms with Crippen LogP contribution >= 0.6 is 0 Å². The average molecular weight is 443 g/mol. The first-order valence-corrected chi connectivity index (χ1v) is 4.69. The Morgan fingerprint density at radius 2 is 1.05 bits per heavy atom. The molecule has 19 heavy (non-hydrogen) atoms. The van der Waals surface area contributed by atoms with Gasteiger partial charge in [0.25, 0.3) is 0 Å². The molecule has 0 nitrogen and oxygen atoms in total. The zero-order chi connectivity index (χ0) is 12.9. The molecule has 0 aromatic rings. The van der Waals surface area contributed by atoms with Crippen LogP contribution in [0.15, 0.2) is 54.7 Å². The van der Waals surface area contributed by atoms with Crippen molar-refractivity contribution in [1.29, 1.82) is 0 Å². The number of rotatable bonds is 1. The van der Waals surface area contributed by atoms with Gasteiger partial charge < -0.3 is 6.08 Å². The van der Waals surface area contributed by atoms with Gasteiger partial charge in [0.15, 0.2) is 0 Å². The third-order valence-electron chi connectivity index (χ3n) is 1.33. The fraction of sp³-hybridized carbons (Fsp3) is 0.143. The molecule has 0 saturated carbocycles. The van der Waals surface area contributed by atoms with E-state index in [9.17, 15) is 17.6 Å². The number of allylic oxidation sites excluding steroid dienone is 9. The molecule has 0 saturated heterocycles. The monoisotopic (exact) mass is 443 g/mol. The van der Waals surface area contributed by atoms with Gasteiger partial charge in [0.2, 0.25) is 0 Å². The maximum Gasteiger partial charge on any atom is 0.120 e. The first-order valence-electron chi connectivity index (χ1n) is 4.69. The summed E-state index contributed by atoms with van der Waals surface area (Å²) < 4.78 is 42.6. The van der Waals surface area contributed by atoms with E-state index in [0.717, 1.165) is 0 Å².